The van der Waals surface area contributed by atoms with Crippen LogP contribution in [0.5, 0.6) is 5.88 Å². The molecule has 1 aromatic heterocycles. The van der Waals surface area contributed by atoms with Crippen LogP contribution < -0.4 is 0 Å². The molecule has 22 heavy (non-hydrogen) atoms. The maximum absolute atomic E-state index is 11.5. The summed E-state index contributed by atoms with van der Waals surface area (Å²) in [7, 11) is -3.22. The van der Waals surface area contributed by atoms with Gasteiger partial charge in [0.2, 0.25) is 5.88 Å². The number of nitrogens with zero attached hydrogens (tertiary/aromatic N) is 2. The first-order valence-electron chi connectivity index (χ1n) is 7.00. The van der Waals surface area contributed by atoms with E-state index in [9.17, 15) is 13.5 Å². The summed E-state index contributed by atoms with van der Waals surface area (Å²) in [6, 6.07) is 6.34. The van der Waals surface area contributed by atoms with Gasteiger partial charge in [0.05, 0.1) is 16.3 Å². The van der Waals surface area contributed by atoms with E-state index in [1.807, 2.05) is 18.7 Å². The molecule has 0 unspecified atom stereocenters. The standard InChI is InChI=1S/C15H20N2O3S2/c1-4-21-10-9-14-11(2)16-17(15(14)18)12-5-7-13(8-6-12)22(3,19)20/h5-8,18H,4,9-10H2,1-3H3. The first-order chi connectivity index (χ1) is 10.3. The van der Waals surface area contributed by atoms with Crippen molar-refractivity contribution >= 4 is 21.6 Å². The largest absolute Gasteiger partial charge is 0.493 e. The molecule has 1 aromatic carbocycles. The van der Waals surface area contributed by atoms with E-state index in [1.54, 1.807) is 12.1 Å². The third-order valence-corrected chi connectivity index (χ3v) is 5.40. The lowest BCUT2D eigenvalue weighted by molar-refractivity contribution is 0.428. The molecule has 120 valence electrons. The summed E-state index contributed by atoms with van der Waals surface area (Å²) < 4.78 is 24.4. The minimum Gasteiger partial charge on any atom is -0.493 e. The number of aryl methyl sites for hydroxylation is 1. The van der Waals surface area contributed by atoms with Gasteiger partial charge < -0.3 is 5.11 Å². The van der Waals surface area contributed by atoms with Crippen molar-refractivity contribution in [2.75, 3.05) is 17.8 Å². The second-order valence-corrected chi connectivity index (χ2v) is 8.42. The van der Waals surface area contributed by atoms with Crippen molar-refractivity contribution in [2.45, 2.75) is 25.2 Å². The molecule has 7 heteroatoms. The summed E-state index contributed by atoms with van der Waals surface area (Å²) in [4.78, 5) is 0.249. The Morgan fingerprint density at radius 1 is 1.27 bits per heavy atom. The summed E-state index contributed by atoms with van der Waals surface area (Å²) in [6.45, 7) is 3.97. The Morgan fingerprint density at radius 2 is 1.91 bits per heavy atom. The van der Waals surface area contributed by atoms with Crippen LogP contribution in [0.3, 0.4) is 0 Å². The number of rotatable bonds is 6. The maximum Gasteiger partial charge on any atom is 0.217 e. The quantitative estimate of drug-likeness (QED) is 0.818. The highest BCUT2D eigenvalue weighted by Gasteiger charge is 2.16. The Bertz CT molecular complexity index is 750. The van der Waals surface area contributed by atoms with Crippen molar-refractivity contribution in [3.8, 4) is 11.6 Å². The van der Waals surface area contributed by atoms with Crippen LogP contribution in [0.2, 0.25) is 0 Å². The molecular formula is C15H20N2O3S2. The first-order valence-corrected chi connectivity index (χ1v) is 10.0. The number of aromatic nitrogens is 2. The summed E-state index contributed by atoms with van der Waals surface area (Å²) in [6.07, 6.45) is 1.93. The fourth-order valence-electron chi connectivity index (χ4n) is 2.17. The van der Waals surface area contributed by atoms with E-state index in [2.05, 4.69) is 12.0 Å². The Balaban J connectivity index is 2.31. The van der Waals surface area contributed by atoms with Gasteiger partial charge in [-0.05, 0) is 49.1 Å². The molecule has 0 aliphatic carbocycles. The van der Waals surface area contributed by atoms with E-state index in [0.717, 1.165) is 29.2 Å². The van der Waals surface area contributed by atoms with Crippen molar-refractivity contribution in [1.29, 1.82) is 0 Å². The predicted octanol–water partition coefficient (Wildman–Crippen LogP) is 2.59. The van der Waals surface area contributed by atoms with Crippen molar-refractivity contribution in [3.63, 3.8) is 0 Å². The van der Waals surface area contributed by atoms with E-state index in [1.165, 1.54) is 23.1 Å². The van der Waals surface area contributed by atoms with Crippen LogP contribution in [0.1, 0.15) is 18.2 Å². The van der Waals surface area contributed by atoms with Crippen LogP contribution in [0.4, 0.5) is 0 Å². The fraction of sp³-hybridized carbons (Fsp3) is 0.400. The van der Waals surface area contributed by atoms with E-state index in [-0.39, 0.29) is 10.8 Å². The van der Waals surface area contributed by atoms with Crippen LogP contribution in [-0.4, -0.2) is 41.1 Å². The van der Waals surface area contributed by atoms with Crippen molar-refractivity contribution in [1.82, 2.24) is 9.78 Å². The molecule has 1 N–H and O–H groups in total. The minimum absolute atomic E-state index is 0.126. The third kappa shape index (κ3) is 3.64. The highest BCUT2D eigenvalue weighted by molar-refractivity contribution is 7.99. The monoisotopic (exact) mass is 340 g/mol. The number of hydrogen-bond donors (Lipinski definition) is 1. The lowest BCUT2D eigenvalue weighted by Crippen LogP contribution is -2.00. The fourth-order valence-corrected chi connectivity index (χ4v) is 3.44. The van der Waals surface area contributed by atoms with Gasteiger partial charge >= 0.3 is 0 Å². The van der Waals surface area contributed by atoms with Gasteiger partial charge in [-0.2, -0.15) is 16.9 Å². The zero-order chi connectivity index (χ0) is 16.3. The van der Waals surface area contributed by atoms with Gasteiger partial charge in [0, 0.05) is 11.8 Å². The zero-order valence-electron chi connectivity index (χ0n) is 12.9. The third-order valence-electron chi connectivity index (χ3n) is 3.37. The molecular weight excluding hydrogens is 320 g/mol. The molecule has 0 aliphatic heterocycles. The second kappa shape index (κ2) is 6.75. The molecule has 0 amide bonds. The normalized spacial score (nSPS) is 11.8. The summed E-state index contributed by atoms with van der Waals surface area (Å²) in [5.74, 6) is 2.10. The average molecular weight is 340 g/mol. The summed E-state index contributed by atoms with van der Waals surface area (Å²) in [5, 5.41) is 14.7. The lowest BCUT2D eigenvalue weighted by atomic mass is 10.2. The van der Waals surface area contributed by atoms with Crippen molar-refractivity contribution in [3.05, 3.63) is 35.5 Å². The predicted molar refractivity (Wildman–Crippen MR) is 89.8 cm³/mol. The molecule has 2 rings (SSSR count). The van der Waals surface area contributed by atoms with Crippen molar-refractivity contribution in [2.24, 2.45) is 0 Å². The average Bonchev–Trinajstić information content (AvgIpc) is 2.74. The van der Waals surface area contributed by atoms with Gasteiger partial charge in [0.1, 0.15) is 0 Å². The molecule has 0 atom stereocenters. The molecule has 1 heterocycles. The Labute approximate surface area is 135 Å². The second-order valence-electron chi connectivity index (χ2n) is 5.01. The van der Waals surface area contributed by atoms with Crippen LogP contribution >= 0.6 is 11.8 Å². The molecule has 0 bridgehead atoms. The van der Waals surface area contributed by atoms with Gasteiger partial charge in [-0.15, -0.1) is 0 Å². The summed E-state index contributed by atoms with van der Waals surface area (Å²) in [5.41, 5.74) is 2.27. The molecule has 2 aromatic rings. The smallest absolute Gasteiger partial charge is 0.217 e. The maximum atomic E-state index is 11.5. The SMILES string of the molecule is CCSCCc1c(C)nn(-c2ccc(S(C)(=O)=O)cc2)c1O. The molecule has 5 nitrogen and oxygen atoms in total. The van der Waals surface area contributed by atoms with Crippen LogP contribution in [0, 0.1) is 6.92 Å². The van der Waals surface area contributed by atoms with Gasteiger partial charge in [-0.25, -0.2) is 13.1 Å². The Morgan fingerprint density at radius 3 is 2.45 bits per heavy atom. The van der Waals surface area contributed by atoms with Gasteiger partial charge in [0.25, 0.3) is 0 Å². The van der Waals surface area contributed by atoms with Crippen LogP contribution in [-0.2, 0) is 16.3 Å². The topological polar surface area (TPSA) is 72.2 Å². The van der Waals surface area contributed by atoms with E-state index in [0.29, 0.717) is 5.69 Å². The van der Waals surface area contributed by atoms with Gasteiger partial charge in [-0.1, -0.05) is 6.92 Å². The molecule has 0 saturated heterocycles. The minimum atomic E-state index is -3.22. The molecule has 0 aliphatic rings. The molecule has 0 radical (unpaired) electrons. The number of sulfone groups is 1. The highest BCUT2D eigenvalue weighted by Crippen LogP contribution is 2.26. The first kappa shape index (κ1) is 16.9. The van der Waals surface area contributed by atoms with E-state index >= 15 is 0 Å². The highest BCUT2D eigenvalue weighted by atomic mass is 32.2. The lowest BCUT2D eigenvalue weighted by Gasteiger charge is -2.05. The van der Waals surface area contributed by atoms with E-state index < -0.39 is 9.84 Å². The number of aromatic hydroxyl groups is 1. The van der Waals surface area contributed by atoms with Crippen LogP contribution in [0.25, 0.3) is 5.69 Å². The number of thioether (sulfide) groups is 1. The van der Waals surface area contributed by atoms with Gasteiger partial charge in [0.15, 0.2) is 9.84 Å². The van der Waals surface area contributed by atoms with Gasteiger partial charge in [-0.3, -0.25) is 0 Å². The Hall–Kier alpha value is -1.47. The Kier molecular flexibility index (Phi) is 5.18. The van der Waals surface area contributed by atoms with Crippen molar-refractivity contribution < 1.29 is 13.5 Å². The summed E-state index contributed by atoms with van der Waals surface area (Å²) >= 11 is 1.82. The van der Waals surface area contributed by atoms with E-state index in [4.69, 9.17) is 0 Å². The van der Waals surface area contributed by atoms with Crippen LogP contribution in [0.15, 0.2) is 29.2 Å². The number of hydrogen-bond acceptors (Lipinski definition) is 5. The zero-order valence-corrected chi connectivity index (χ0v) is 14.5. The molecule has 0 spiro atoms. The molecule has 0 saturated carbocycles. The molecule has 0 fully saturated rings. The number of benzene rings is 1.